The summed E-state index contributed by atoms with van der Waals surface area (Å²) >= 11 is 6.03. The molecule has 28 heavy (non-hydrogen) atoms. The van der Waals surface area contributed by atoms with E-state index in [9.17, 15) is 9.59 Å². The molecule has 2 aliphatic heterocycles. The highest BCUT2D eigenvalue weighted by Gasteiger charge is 2.70. The summed E-state index contributed by atoms with van der Waals surface area (Å²) < 4.78 is 0. The predicted molar refractivity (Wildman–Crippen MR) is 104 cm³/mol. The maximum atomic E-state index is 13.4. The first-order chi connectivity index (χ1) is 13.6. The summed E-state index contributed by atoms with van der Waals surface area (Å²) in [5, 5.41) is 5.07. The Morgan fingerprint density at radius 2 is 1.61 bits per heavy atom. The first-order valence-corrected chi connectivity index (χ1v) is 10.9. The zero-order valence-electron chi connectivity index (χ0n) is 15.6. The predicted octanol–water partition coefficient (Wildman–Crippen LogP) is 3.64. The van der Waals surface area contributed by atoms with Crippen LogP contribution >= 0.6 is 11.6 Å². The lowest BCUT2D eigenvalue weighted by Crippen LogP contribution is -2.42. The molecule has 3 saturated carbocycles. The van der Waals surface area contributed by atoms with Crippen molar-refractivity contribution in [2.24, 2.45) is 34.7 Å². The van der Waals surface area contributed by atoms with E-state index in [1.165, 1.54) is 6.42 Å². The molecule has 1 saturated heterocycles. The summed E-state index contributed by atoms with van der Waals surface area (Å²) in [5.74, 6) is 0.142. The summed E-state index contributed by atoms with van der Waals surface area (Å²) in [6.07, 6.45) is 6.20. The number of hydrogen-bond acceptors (Lipinski definition) is 4. The lowest BCUT2D eigenvalue weighted by Gasteiger charge is -2.30. The van der Waals surface area contributed by atoms with E-state index < -0.39 is 0 Å². The van der Waals surface area contributed by atoms with E-state index in [4.69, 9.17) is 16.4 Å². The molecule has 5 aliphatic rings. The Morgan fingerprint density at radius 1 is 0.929 bits per heavy atom. The van der Waals surface area contributed by atoms with Crippen LogP contribution in [-0.4, -0.2) is 34.6 Å². The molecule has 2 bridgehead atoms. The Morgan fingerprint density at radius 3 is 2.32 bits per heavy atom. The van der Waals surface area contributed by atoms with E-state index in [1.54, 1.807) is 4.90 Å². The molecule has 2 heterocycles. The van der Waals surface area contributed by atoms with Crippen LogP contribution in [0.1, 0.15) is 44.1 Å². The number of likely N-dealkylation sites (tertiary alicyclic amines) is 1. The summed E-state index contributed by atoms with van der Waals surface area (Å²) in [4.78, 5) is 34.1. The van der Waals surface area contributed by atoms with Gasteiger partial charge in [-0.15, -0.1) is 0 Å². The van der Waals surface area contributed by atoms with Crippen LogP contribution in [0.4, 0.5) is 0 Å². The van der Waals surface area contributed by atoms with Gasteiger partial charge in [-0.25, -0.2) is 0 Å². The number of halogens is 1. The fourth-order valence-electron chi connectivity index (χ4n) is 6.71. The Kier molecular flexibility index (Phi) is 3.68. The average Bonchev–Trinajstić information content (AvgIpc) is 3.44. The minimum Gasteiger partial charge on any atom is -0.391 e. The summed E-state index contributed by atoms with van der Waals surface area (Å²) in [6.45, 7) is 0. The van der Waals surface area contributed by atoms with Gasteiger partial charge < -0.3 is 4.84 Å². The van der Waals surface area contributed by atoms with Crippen LogP contribution in [0.5, 0.6) is 0 Å². The first-order valence-electron chi connectivity index (χ1n) is 10.5. The smallest absolute Gasteiger partial charge is 0.233 e. The van der Waals surface area contributed by atoms with Crippen molar-refractivity contribution in [1.82, 2.24) is 4.90 Å². The third-order valence-electron chi connectivity index (χ3n) is 7.80. The number of hydrogen-bond donors (Lipinski definition) is 0. The first kappa shape index (κ1) is 17.0. The van der Waals surface area contributed by atoms with Gasteiger partial charge in [0.15, 0.2) is 0 Å². The molecule has 2 amide bonds. The van der Waals surface area contributed by atoms with Crippen LogP contribution in [0.15, 0.2) is 29.4 Å². The molecule has 6 rings (SSSR count). The van der Waals surface area contributed by atoms with Crippen molar-refractivity contribution in [3.63, 3.8) is 0 Å². The number of carbonyl (C=O) groups is 2. The van der Waals surface area contributed by atoms with E-state index in [2.05, 4.69) is 5.16 Å². The van der Waals surface area contributed by atoms with E-state index in [-0.39, 0.29) is 53.5 Å². The highest BCUT2D eigenvalue weighted by Crippen LogP contribution is 2.62. The number of amides is 2. The maximum absolute atomic E-state index is 13.4. The van der Waals surface area contributed by atoms with E-state index in [1.807, 2.05) is 24.3 Å². The second-order valence-corrected chi connectivity index (χ2v) is 9.47. The number of imide groups is 1. The highest BCUT2D eigenvalue weighted by atomic mass is 35.5. The quantitative estimate of drug-likeness (QED) is 0.714. The minimum atomic E-state index is -0.194. The third-order valence-corrected chi connectivity index (χ3v) is 8.06. The normalized spacial score (nSPS) is 39.2. The van der Waals surface area contributed by atoms with Crippen molar-refractivity contribution in [2.75, 3.05) is 0 Å². The van der Waals surface area contributed by atoms with Crippen molar-refractivity contribution in [3.8, 4) is 0 Å². The Balaban J connectivity index is 1.31. The largest absolute Gasteiger partial charge is 0.391 e. The average molecular weight is 399 g/mol. The van der Waals surface area contributed by atoms with Gasteiger partial charge in [0.1, 0.15) is 6.10 Å². The lowest BCUT2D eigenvalue weighted by atomic mass is 9.71. The molecule has 5 nitrogen and oxygen atoms in total. The van der Waals surface area contributed by atoms with Crippen LogP contribution in [0.25, 0.3) is 0 Å². The Labute approximate surface area is 169 Å². The molecule has 3 aliphatic carbocycles. The fourth-order valence-corrected chi connectivity index (χ4v) is 6.83. The molecule has 146 valence electrons. The van der Waals surface area contributed by atoms with E-state index in [0.717, 1.165) is 43.4 Å². The van der Waals surface area contributed by atoms with E-state index >= 15 is 0 Å². The van der Waals surface area contributed by atoms with Crippen molar-refractivity contribution in [1.29, 1.82) is 0 Å². The van der Waals surface area contributed by atoms with Gasteiger partial charge in [-0.1, -0.05) is 48.2 Å². The van der Waals surface area contributed by atoms with Crippen LogP contribution < -0.4 is 0 Å². The van der Waals surface area contributed by atoms with Crippen molar-refractivity contribution in [3.05, 3.63) is 34.9 Å². The molecule has 0 radical (unpaired) electrons. The topological polar surface area (TPSA) is 59.0 Å². The minimum absolute atomic E-state index is 0.0661. The zero-order valence-corrected chi connectivity index (χ0v) is 16.3. The number of oxime groups is 1. The van der Waals surface area contributed by atoms with Gasteiger partial charge in [-0.05, 0) is 42.9 Å². The van der Waals surface area contributed by atoms with Gasteiger partial charge in [-0.3, -0.25) is 14.5 Å². The van der Waals surface area contributed by atoms with Crippen LogP contribution in [0.3, 0.4) is 0 Å². The second-order valence-electron chi connectivity index (χ2n) is 9.03. The number of nitrogens with zero attached hydrogens (tertiary/aromatic N) is 2. The molecule has 0 N–H and O–H groups in total. The Bertz CT molecular complexity index is 876. The number of benzene rings is 1. The van der Waals surface area contributed by atoms with Crippen molar-refractivity contribution < 1.29 is 14.4 Å². The van der Waals surface area contributed by atoms with Gasteiger partial charge in [0.25, 0.3) is 0 Å². The molecule has 6 atom stereocenters. The molecule has 6 heteroatoms. The summed E-state index contributed by atoms with van der Waals surface area (Å²) in [6, 6.07) is 7.76. The maximum Gasteiger partial charge on any atom is 0.233 e. The molecular weight excluding hydrogens is 376 g/mol. The van der Waals surface area contributed by atoms with Crippen LogP contribution in [0, 0.1) is 29.6 Å². The lowest BCUT2D eigenvalue weighted by molar-refractivity contribution is -0.144. The fraction of sp³-hybridized carbons (Fsp3) is 0.591. The summed E-state index contributed by atoms with van der Waals surface area (Å²) in [5.41, 5.74) is 1.92. The highest BCUT2D eigenvalue weighted by molar-refractivity contribution is 6.30. The molecular formula is C22H23ClN2O3. The number of carbonyl (C=O) groups excluding carboxylic acids is 2. The monoisotopic (exact) mass is 398 g/mol. The van der Waals surface area contributed by atoms with Gasteiger partial charge >= 0.3 is 0 Å². The van der Waals surface area contributed by atoms with E-state index in [0.29, 0.717) is 5.02 Å². The van der Waals surface area contributed by atoms with Gasteiger partial charge in [0.2, 0.25) is 11.8 Å². The molecule has 4 fully saturated rings. The van der Waals surface area contributed by atoms with Crippen LogP contribution in [-0.2, 0) is 14.4 Å². The van der Waals surface area contributed by atoms with Crippen LogP contribution in [0.2, 0.25) is 5.02 Å². The zero-order chi connectivity index (χ0) is 19.0. The SMILES string of the molecule is O=C1[C@@H]2[C@H]3C[C@H]([C@H]4ON=C(c5ccc(Cl)cc5)[C@@H]34)[C@@H]2C(=O)N1C1CCCCC1. The second kappa shape index (κ2) is 6.06. The molecule has 1 aromatic rings. The number of fused-ring (bicyclic) bond motifs is 8. The third kappa shape index (κ3) is 2.17. The van der Waals surface area contributed by atoms with Gasteiger partial charge in [0.05, 0.1) is 17.5 Å². The molecule has 0 aromatic heterocycles. The standard InChI is InChI=1S/C22H23ClN2O3/c23-12-8-6-11(7-9-12)19-18-14-10-15(20(18)28-24-19)17-16(14)21(26)25(22(17)27)13-4-2-1-3-5-13/h6-9,13-18,20H,1-5,10H2/t14-,15+,16-,17+,18-,20-/m1/s1. The van der Waals surface area contributed by atoms with Gasteiger partial charge in [0, 0.05) is 22.9 Å². The van der Waals surface area contributed by atoms with Crippen molar-refractivity contribution in [2.45, 2.75) is 50.7 Å². The van der Waals surface area contributed by atoms with Gasteiger partial charge in [-0.2, -0.15) is 0 Å². The molecule has 0 spiro atoms. The van der Waals surface area contributed by atoms with Crippen molar-refractivity contribution >= 4 is 29.1 Å². The Hall–Kier alpha value is -1.88. The molecule has 0 unspecified atom stereocenters. The molecule has 1 aromatic carbocycles. The number of rotatable bonds is 2. The summed E-state index contributed by atoms with van der Waals surface area (Å²) in [7, 11) is 0.